The first-order valence-electron chi connectivity index (χ1n) is 7.27. The highest BCUT2D eigenvalue weighted by Crippen LogP contribution is 2.38. The monoisotopic (exact) mass is 312 g/mol. The molecule has 4 N–H and O–H groups in total. The number of hydrogen-bond acceptors (Lipinski definition) is 5. The van der Waals surface area contributed by atoms with Gasteiger partial charge in [-0.2, -0.15) is 0 Å². The Labute approximate surface area is 133 Å². The van der Waals surface area contributed by atoms with Gasteiger partial charge >= 0.3 is 7.32 Å². The van der Waals surface area contributed by atoms with Gasteiger partial charge in [-0.3, -0.25) is 0 Å². The van der Waals surface area contributed by atoms with Gasteiger partial charge in [0.25, 0.3) is 0 Å². The Hall–Kier alpha value is -1.08. The van der Waals surface area contributed by atoms with Crippen LogP contribution in [0.3, 0.4) is 0 Å². The summed E-state index contributed by atoms with van der Waals surface area (Å²) < 4.78 is 6.09. The lowest BCUT2D eigenvalue weighted by molar-refractivity contribution is -0.120. The summed E-state index contributed by atoms with van der Waals surface area (Å²) in [4.78, 5) is 0. The summed E-state index contributed by atoms with van der Waals surface area (Å²) in [6.07, 6.45) is 0.776. The van der Waals surface area contributed by atoms with Crippen molar-refractivity contribution in [3.63, 3.8) is 0 Å². The minimum absolute atomic E-state index is 0.0868. The van der Waals surface area contributed by atoms with Crippen LogP contribution in [0.1, 0.15) is 48.0 Å². The van der Waals surface area contributed by atoms with E-state index in [2.05, 4.69) is 20.8 Å². The lowest BCUT2D eigenvalue weighted by atomic mass is 9.75. The second kappa shape index (κ2) is 7.97. The number of ether oxygens (including phenoxy) is 1. The first-order valence-corrected chi connectivity index (χ1v) is 7.27. The predicted octanol–water partition coefficient (Wildman–Crippen LogP) is 1.98. The van der Waals surface area contributed by atoms with Crippen molar-refractivity contribution in [1.82, 2.24) is 0 Å². The molecule has 1 aromatic rings. The number of hydrogen-bond donors (Lipinski definition) is 4. The third-order valence-electron chi connectivity index (χ3n) is 3.25. The van der Waals surface area contributed by atoms with Crippen LogP contribution in [-0.2, 0) is 0 Å². The zero-order chi connectivity index (χ0) is 17.6. The molecule has 0 saturated heterocycles. The zero-order valence-corrected chi connectivity index (χ0v) is 14.4. The van der Waals surface area contributed by atoms with Crippen molar-refractivity contribution in [3.8, 4) is 5.75 Å². The van der Waals surface area contributed by atoms with Gasteiger partial charge in [-0.05, 0) is 44.7 Å². The van der Waals surface area contributed by atoms with Crippen molar-refractivity contribution in [1.29, 1.82) is 0 Å². The Kier molecular flexibility index (Phi) is 7.58. The van der Waals surface area contributed by atoms with Crippen LogP contribution in [0, 0.1) is 5.41 Å². The lowest BCUT2D eigenvalue weighted by Crippen LogP contribution is -2.54. The van der Waals surface area contributed by atoms with Crippen LogP contribution in [0.4, 0.5) is 0 Å². The Morgan fingerprint density at radius 1 is 0.909 bits per heavy atom. The first kappa shape index (κ1) is 20.9. The molecule has 0 amide bonds. The van der Waals surface area contributed by atoms with E-state index in [-0.39, 0.29) is 5.41 Å². The normalized spacial score (nSPS) is 14.5. The number of rotatable bonds is 4. The van der Waals surface area contributed by atoms with Crippen molar-refractivity contribution in [2.24, 2.45) is 5.41 Å². The van der Waals surface area contributed by atoms with Crippen molar-refractivity contribution < 1.29 is 24.9 Å². The van der Waals surface area contributed by atoms with Gasteiger partial charge in [0.1, 0.15) is 11.4 Å². The molecule has 1 rings (SSSR count). The Balaban J connectivity index is 0.000000980. The molecule has 0 fully saturated rings. The molecule has 0 spiro atoms. The van der Waals surface area contributed by atoms with Crippen molar-refractivity contribution >= 4 is 7.32 Å². The summed E-state index contributed by atoms with van der Waals surface area (Å²) in [5, 5.41) is 31.9. The molecule has 1 atom stereocenters. The van der Waals surface area contributed by atoms with E-state index < -0.39 is 18.5 Å². The van der Waals surface area contributed by atoms with Gasteiger partial charge in [-0.25, -0.2) is 0 Å². The summed E-state index contributed by atoms with van der Waals surface area (Å²) in [6, 6.07) is 9.69. The van der Waals surface area contributed by atoms with Gasteiger partial charge in [-0.1, -0.05) is 39.0 Å². The third-order valence-corrected chi connectivity index (χ3v) is 3.25. The van der Waals surface area contributed by atoms with Crippen LogP contribution in [0.15, 0.2) is 30.3 Å². The molecule has 0 radical (unpaired) electrons. The van der Waals surface area contributed by atoms with Crippen molar-refractivity contribution in [2.75, 3.05) is 0 Å². The predicted molar refractivity (Wildman–Crippen MR) is 88.3 cm³/mol. The minimum atomic E-state index is -2.17. The number of aliphatic hydroxyl groups is 1. The van der Waals surface area contributed by atoms with E-state index in [4.69, 9.17) is 19.8 Å². The van der Waals surface area contributed by atoms with Crippen LogP contribution < -0.4 is 4.74 Å². The SMILES string of the molecule is CC(C)(C)CC(C)(Oc1ccccc1)C(C)(C)O.OB(O)O. The van der Waals surface area contributed by atoms with Gasteiger partial charge in [-0.15, -0.1) is 0 Å². The molecule has 0 bridgehead atoms. The van der Waals surface area contributed by atoms with E-state index in [1.807, 2.05) is 51.1 Å². The first-order chi connectivity index (χ1) is 9.77. The molecule has 6 heteroatoms. The average molecular weight is 312 g/mol. The van der Waals surface area contributed by atoms with Gasteiger partial charge < -0.3 is 24.9 Å². The molecule has 1 aromatic carbocycles. The summed E-state index contributed by atoms with van der Waals surface area (Å²) in [5.74, 6) is 0.798. The fraction of sp³-hybridized carbons (Fsp3) is 0.625. The average Bonchev–Trinajstić information content (AvgIpc) is 2.25. The van der Waals surface area contributed by atoms with E-state index >= 15 is 0 Å². The van der Waals surface area contributed by atoms with E-state index in [9.17, 15) is 5.11 Å². The molecular formula is C16H29BO5. The molecule has 126 valence electrons. The molecule has 0 aliphatic carbocycles. The topological polar surface area (TPSA) is 90.2 Å². The zero-order valence-electron chi connectivity index (χ0n) is 14.4. The second-order valence-corrected chi connectivity index (χ2v) is 7.29. The van der Waals surface area contributed by atoms with Crippen molar-refractivity contribution in [3.05, 3.63) is 30.3 Å². The highest BCUT2D eigenvalue weighted by molar-refractivity contribution is 6.30. The Bertz CT molecular complexity index is 420. The fourth-order valence-corrected chi connectivity index (χ4v) is 2.14. The fourth-order valence-electron chi connectivity index (χ4n) is 2.14. The molecular weight excluding hydrogens is 283 g/mol. The lowest BCUT2D eigenvalue weighted by Gasteiger charge is -2.44. The molecule has 0 aromatic heterocycles. The van der Waals surface area contributed by atoms with Gasteiger partial charge in [0, 0.05) is 0 Å². The summed E-state index contributed by atoms with van der Waals surface area (Å²) >= 11 is 0. The summed E-state index contributed by atoms with van der Waals surface area (Å²) in [6.45, 7) is 12.1. The van der Waals surface area contributed by atoms with E-state index in [0.717, 1.165) is 12.2 Å². The Morgan fingerprint density at radius 3 is 1.64 bits per heavy atom. The third kappa shape index (κ3) is 8.39. The van der Waals surface area contributed by atoms with Crippen LogP contribution in [-0.4, -0.2) is 38.7 Å². The van der Waals surface area contributed by atoms with Crippen LogP contribution in [0.25, 0.3) is 0 Å². The van der Waals surface area contributed by atoms with E-state index in [0.29, 0.717) is 0 Å². The van der Waals surface area contributed by atoms with Gasteiger partial charge in [0.2, 0.25) is 0 Å². The van der Waals surface area contributed by atoms with Crippen LogP contribution in [0.5, 0.6) is 5.75 Å². The summed E-state index contributed by atoms with van der Waals surface area (Å²) in [7, 11) is -2.17. The quantitative estimate of drug-likeness (QED) is 0.638. The van der Waals surface area contributed by atoms with Gasteiger partial charge in [0.05, 0.1) is 5.60 Å². The minimum Gasteiger partial charge on any atom is -0.485 e. The molecule has 0 saturated carbocycles. The van der Waals surface area contributed by atoms with Gasteiger partial charge in [0.15, 0.2) is 0 Å². The molecule has 0 heterocycles. The molecule has 22 heavy (non-hydrogen) atoms. The smallest absolute Gasteiger partial charge is 0.485 e. The van der Waals surface area contributed by atoms with Crippen LogP contribution >= 0.6 is 0 Å². The Morgan fingerprint density at radius 2 is 1.32 bits per heavy atom. The molecule has 1 unspecified atom stereocenters. The second-order valence-electron chi connectivity index (χ2n) is 7.29. The van der Waals surface area contributed by atoms with Crippen LogP contribution in [0.2, 0.25) is 0 Å². The number of para-hydroxylation sites is 1. The molecule has 0 aliphatic rings. The van der Waals surface area contributed by atoms with Crippen molar-refractivity contribution in [2.45, 2.75) is 59.2 Å². The molecule has 5 nitrogen and oxygen atoms in total. The summed E-state index contributed by atoms with van der Waals surface area (Å²) in [5.41, 5.74) is -1.44. The number of benzene rings is 1. The highest BCUT2D eigenvalue weighted by Gasteiger charge is 2.44. The largest absolute Gasteiger partial charge is 0.631 e. The standard InChI is InChI=1S/C16H26O2.BH3O3/c1-14(2,3)12-16(6,15(4,5)17)18-13-10-8-7-9-11-13;2-1(3)4/h7-11,17H,12H2,1-6H3;2-4H. The maximum absolute atomic E-state index is 10.4. The highest BCUT2D eigenvalue weighted by atomic mass is 16.5. The maximum Gasteiger partial charge on any atom is 0.631 e. The van der Waals surface area contributed by atoms with E-state index in [1.165, 1.54) is 0 Å². The molecule has 0 aliphatic heterocycles. The maximum atomic E-state index is 10.4. The van der Waals surface area contributed by atoms with E-state index in [1.54, 1.807) is 0 Å².